The van der Waals surface area contributed by atoms with Crippen LogP contribution in [0.1, 0.15) is 19.4 Å². The average Bonchev–Trinajstić information content (AvgIpc) is 3.30. The number of hydrogen-bond donors (Lipinski definition) is 0. The van der Waals surface area contributed by atoms with Crippen LogP contribution in [0.15, 0.2) is 58.6 Å². The zero-order valence-corrected chi connectivity index (χ0v) is 22.4. The monoisotopic (exact) mass is 556 g/mol. The quantitative estimate of drug-likeness (QED) is 0.222. The van der Waals surface area contributed by atoms with Crippen LogP contribution in [0, 0.1) is 11.5 Å². The topological polar surface area (TPSA) is 111 Å². The Morgan fingerprint density at radius 3 is 2.32 bits per heavy atom. The van der Waals surface area contributed by atoms with Gasteiger partial charge in [0.2, 0.25) is 12.2 Å². The minimum absolute atomic E-state index is 0.101. The molecule has 4 rings (SSSR count). The van der Waals surface area contributed by atoms with Gasteiger partial charge in [-0.1, -0.05) is 35.3 Å². The van der Waals surface area contributed by atoms with Crippen LogP contribution in [0.2, 0.25) is 10.0 Å². The first-order valence-corrected chi connectivity index (χ1v) is 12.7. The van der Waals surface area contributed by atoms with Gasteiger partial charge in [0, 0.05) is 29.1 Å². The molecule has 198 valence electrons. The minimum atomic E-state index is -0.536. The summed E-state index contributed by atoms with van der Waals surface area (Å²) in [7, 11) is 0. The summed E-state index contributed by atoms with van der Waals surface area (Å²) in [4.78, 5) is 31.8. The predicted molar refractivity (Wildman–Crippen MR) is 143 cm³/mol. The molecule has 2 aromatic rings. The second-order valence-electron chi connectivity index (χ2n) is 8.66. The normalized spacial score (nSPS) is 17.4. The number of hydrogen-bond acceptors (Lipinski definition) is 7. The van der Waals surface area contributed by atoms with E-state index < -0.39 is 12.0 Å². The number of likely N-dealkylation sites (N-methyl/N-ethyl adjacent to an activating group) is 1. The van der Waals surface area contributed by atoms with Crippen LogP contribution in [-0.2, 0) is 14.3 Å². The Balaban J connectivity index is 1.54. The molecular weight excluding hydrogens is 531 g/mol. The van der Waals surface area contributed by atoms with Crippen molar-refractivity contribution in [3.05, 3.63) is 64.1 Å². The molecule has 1 amide bonds. The molecule has 38 heavy (non-hydrogen) atoms. The smallest absolute Gasteiger partial charge is 0.303 e. The molecule has 0 N–H and O–H groups in total. The molecule has 0 bridgehead atoms. The van der Waals surface area contributed by atoms with Gasteiger partial charge in [0.25, 0.3) is 5.91 Å². The van der Waals surface area contributed by atoms with E-state index in [1.807, 2.05) is 30.1 Å². The van der Waals surface area contributed by atoms with E-state index in [4.69, 9.17) is 37.8 Å². The van der Waals surface area contributed by atoms with Gasteiger partial charge in [-0.05, 0) is 43.3 Å². The van der Waals surface area contributed by atoms with Gasteiger partial charge in [-0.15, -0.1) is 4.99 Å². The molecule has 0 saturated carbocycles. The van der Waals surface area contributed by atoms with E-state index in [0.29, 0.717) is 47.1 Å². The Labute approximate surface area is 230 Å². The lowest BCUT2D eigenvalue weighted by molar-refractivity contribution is -0.150. The molecule has 0 radical (unpaired) electrons. The van der Waals surface area contributed by atoms with Crippen molar-refractivity contribution in [2.75, 3.05) is 32.8 Å². The van der Waals surface area contributed by atoms with Crippen LogP contribution in [-0.4, -0.2) is 83.3 Å². The highest BCUT2D eigenvalue weighted by molar-refractivity contribution is 6.31. The van der Waals surface area contributed by atoms with Crippen LogP contribution in [0.25, 0.3) is 0 Å². The van der Waals surface area contributed by atoms with Gasteiger partial charge < -0.3 is 19.3 Å². The summed E-state index contributed by atoms with van der Waals surface area (Å²) in [6.07, 6.45) is 1.76. The van der Waals surface area contributed by atoms with Crippen LogP contribution < -0.4 is 4.74 Å². The summed E-state index contributed by atoms with van der Waals surface area (Å²) < 4.78 is 10.9. The Kier molecular flexibility index (Phi) is 8.71. The van der Waals surface area contributed by atoms with E-state index in [1.54, 1.807) is 46.3 Å². The van der Waals surface area contributed by atoms with Crippen molar-refractivity contribution < 1.29 is 19.1 Å². The lowest BCUT2D eigenvalue weighted by Crippen LogP contribution is -2.59. The summed E-state index contributed by atoms with van der Waals surface area (Å²) in [6.45, 7) is 4.34. The number of aliphatic imine (C=N–C) groups is 1. The van der Waals surface area contributed by atoms with Gasteiger partial charge in [-0.25, -0.2) is 5.01 Å². The van der Waals surface area contributed by atoms with E-state index >= 15 is 0 Å². The summed E-state index contributed by atoms with van der Waals surface area (Å²) in [5, 5.41) is 17.0. The summed E-state index contributed by atoms with van der Waals surface area (Å²) in [5.74, 6) is 0.175. The Hall–Kier alpha value is -3.81. The maximum atomic E-state index is 13.0. The molecule has 2 aromatic carbocycles. The number of likely N-dealkylation sites (tertiary alicyclic amines) is 1. The van der Waals surface area contributed by atoms with Crippen LogP contribution >= 0.6 is 23.2 Å². The van der Waals surface area contributed by atoms with Crippen molar-refractivity contribution in [1.29, 1.82) is 5.26 Å². The fourth-order valence-corrected chi connectivity index (χ4v) is 4.52. The standard InChI is InChI=1S/C26H26Cl2N6O4/c1-3-33(24(36)15-37-17(2)35)23-14-34(31-25(23)18-4-6-19(27)7-5-18)26(30-16-29)32-12-22(13-32)38-21-10-8-20(28)9-11-21/h4-11,22-23H,3,12-15H2,1-2H3. The van der Waals surface area contributed by atoms with E-state index in [1.165, 1.54) is 6.92 Å². The first-order chi connectivity index (χ1) is 18.3. The van der Waals surface area contributed by atoms with E-state index in [2.05, 4.69) is 4.99 Å². The largest absolute Gasteiger partial charge is 0.487 e. The number of esters is 1. The van der Waals surface area contributed by atoms with Crippen molar-refractivity contribution in [2.45, 2.75) is 26.0 Å². The van der Waals surface area contributed by atoms with E-state index in [0.717, 1.165) is 5.56 Å². The zero-order chi connectivity index (χ0) is 27.2. The Bertz CT molecular complexity index is 1270. The molecule has 10 nitrogen and oxygen atoms in total. The molecule has 2 aliphatic heterocycles. The van der Waals surface area contributed by atoms with Crippen LogP contribution in [0.5, 0.6) is 5.75 Å². The van der Waals surface area contributed by atoms with Gasteiger partial charge in [0.05, 0.1) is 31.4 Å². The fraction of sp³-hybridized carbons (Fsp3) is 0.346. The number of benzene rings is 2. The van der Waals surface area contributed by atoms with Crippen molar-refractivity contribution >= 4 is 46.7 Å². The molecule has 1 unspecified atom stereocenters. The van der Waals surface area contributed by atoms with Crippen LogP contribution in [0.3, 0.4) is 0 Å². The van der Waals surface area contributed by atoms with E-state index in [9.17, 15) is 14.9 Å². The molecule has 2 heterocycles. The summed E-state index contributed by atoms with van der Waals surface area (Å²) in [5.41, 5.74) is 1.38. The lowest BCUT2D eigenvalue weighted by atomic mass is 10.0. The Morgan fingerprint density at radius 1 is 1.11 bits per heavy atom. The van der Waals surface area contributed by atoms with Crippen molar-refractivity contribution in [1.82, 2.24) is 14.8 Å². The summed E-state index contributed by atoms with van der Waals surface area (Å²) >= 11 is 12.0. The molecular formula is C26H26Cl2N6O4. The van der Waals surface area contributed by atoms with Crippen LogP contribution in [0.4, 0.5) is 0 Å². The van der Waals surface area contributed by atoms with Gasteiger partial charge >= 0.3 is 5.97 Å². The first kappa shape index (κ1) is 27.2. The third-order valence-electron chi connectivity index (χ3n) is 6.09. The maximum absolute atomic E-state index is 13.0. The number of amides is 1. The summed E-state index contributed by atoms with van der Waals surface area (Å²) in [6, 6.07) is 13.8. The highest BCUT2D eigenvalue weighted by Gasteiger charge is 2.40. The second-order valence-corrected chi connectivity index (χ2v) is 9.53. The third kappa shape index (κ3) is 6.36. The average molecular weight is 557 g/mol. The number of nitriles is 1. The highest BCUT2D eigenvalue weighted by atomic mass is 35.5. The molecule has 0 aliphatic carbocycles. The minimum Gasteiger partial charge on any atom is -0.487 e. The number of carbonyl (C=O) groups excluding carboxylic acids is 2. The molecule has 0 aromatic heterocycles. The third-order valence-corrected chi connectivity index (χ3v) is 6.60. The molecule has 1 atom stereocenters. The predicted octanol–water partition coefficient (Wildman–Crippen LogP) is 3.39. The number of hydrazone groups is 1. The van der Waals surface area contributed by atoms with E-state index in [-0.39, 0.29) is 25.2 Å². The van der Waals surface area contributed by atoms with Gasteiger partial charge in [0.15, 0.2) is 6.61 Å². The Morgan fingerprint density at radius 2 is 1.74 bits per heavy atom. The number of guanidine groups is 1. The zero-order valence-electron chi connectivity index (χ0n) is 20.9. The molecule has 0 spiro atoms. The lowest BCUT2D eigenvalue weighted by Gasteiger charge is -2.42. The van der Waals surface area contributed by atoms with Gasteiger partial charge in [0.1, 0.15) is 11.9 Å². The van der Waals surface area contributed by atoms with Gasteiger partial charge in [-0.2, -0.15) is 10.4 Å². The maximum Gasteiger partial charge on any atom is 0.303 e. The molecule has 12 heteroatoms. The number of carbonyl (C=O) groups is 2. The fourth-order valence-electron chi connectivity index (χ4n) is 4.27. The number of nitrogens with zero attached hydrogens (tertiary/aromatic N) is 6. The molecule has 1 saturated heterocycles. The van der Waals surface area contributed by atoms with Crippen molar-refractivity contribution in [3.63, 3.8) is 0 Å². The van der Waals surface area contributed by atoms with Gasteiger partial charge in [-0.3, -0.25) is 9.59 Å². The number of rotatable bonds is 7. The van der Waals surface area contributed by atoms with Crippen molar-refractivity contribution in [2.24, 2.45) is 10.1 Å². The highest BCUT2D eigenvalue weighted by Crippen LogP contribution is 2.25. The SMILES string of the molecule is CCN(C(=O)COC(C)=O)C1CN(C(=NC#N)N2CC(Oc3ccc(Cl)cc3)C2)N=C1c1ccc(Cl)cc1. The number of ether oxygens (including phenoxy) is 2. The van der Waals surface area contributed by atoms with Crippen molar-refractivity contribution in [3.8, 4) is 11.9 Å². The second kappa shape index (κ2) is 12.2. The molecule has 1 fully saturated rings. The molecule has 2 aliphatic rings. The first-order valence-electron chi connectivity index (χ1n) is 12.0. The number of halogens is 2.